The molecule has 3 heterocycles. The molecule has 90 valence electrons. The van der Waals surface area contributed by atoms with Crippen LogP contribution in [-0.2, 0) is 0 Å². The molecule has 0 saturated carbocycles. The first kappa shape index (κ1) is 10.7. The van der Waals surface area contributed by atoms with Crippen molar-refractivity contribution in [2.45, 2.75) is 31.3 Å². The Balaban J connectivity index is 1.74. The molecule has 0 aromatic carbocycles. The lowest BCUT2D eigenvalue weighted by Gasteiger charge is -2.24. The molecule has 2 saturated heterocycles. The van der Waals surface area contributed by atoms with E-state index in [4.69, 9.17) is 0 Å². The Kier molecular flexibility index (Phi) is 2.76. The monoisotopic (exact) mass is 232 g/mol. The molecule has 5 nitrogen and oxygen atoms in total. The van der Waals surface area contributed by atoms with Gasteiger partial charge in [0.05, 0.1) is 5.56 Å². The third-order valence-electron chi connectivity index (χ3n) is 3.62. The minimum Gasteiger partial charge on any atom is -0.337 e. The summed E-state index contributed by atoms with van der Waals surface area (Å²) in [5, 5.41) is 3.56. The molecule has 1 aromatic heterocycles. The Labute approximate surface area is 100 Å². The van der Waals surface area contributed by atoms with Crippen LogP contribution in [0.25, 0.3) is 0 Å². The Hall–Kier alpha value is -1.49. The zero-order valence-electron chi connectivity index (χ0n) is 9.67. The summed E-state index contributed by atoms with van der Waals surface area (Å²) in [6.45, 7) is 1.64. The third-order valence-corrected chi connectivity index (χ3v) is 3.62. The molecular weight excluding hydrogens is 216 g/mol. The van der Waals surface area contributed by atoms with Gasteiger partial charge in [-0.15, -0.1) is 0 Å². The van der Waals surface area contributed by atoms with E-state index >= 15 is 0 Å². The highest BCUT2D eigenvalue weighted by Gasteiger charge is 2.31. The van der Waals surface area contributed by atoms with Crippen molar-refractivity contribution < 1.29 is 4.79 Å². The number of carbonyl (C=O) groups excluding carboxylic acids is 1. The summed E-state index contributed by atoms with van der Waals surface area (Å²) in [5.41, 5.74) is 0.588. The minimum absolute atomic E-state index is 0.0555. The molecule has 5 heteroatoms. The molecule has 17 heavy (non-hydrogen) atoms. The number of nitrogens with one attached hydrogen (secondary N) is 1. The highest BCUT2D eigenvalue weighted by Crippen LogP contribution is 2.21. The van der Waals surface area contributed by atoms with Gasteiger partial charge >= 0.3 is 0 Å². The summed E-state index contributed by atoms with van der Waals surface area (Å²) >= 11 is 0. The fourth-order valence-corrected chi connectivity index (χ4v) is 2.72. The Bertz CT molecular complexity index is 408. The van der Waals surface area contributed by atoms with E-state index in [1.165, 1.54) is 19.2 Å². The molecule has 2 aliphatic rings. The first-order valence-electron chi connectivity index (χ1n) is 6.13. The molecule has 0 aliphatic carbocycles. The third kappa shape index (κ3) is 2.15. The lowest BCUT2D eigenvalue weighted by Crippen LogP contribution is -2.39. The Morgan fingerprint density at radius 1 is 1.24 bits per heavy atom. The second-order valence-corrected chi connectivity index (χ2v) is 4.80. The first-order valence-corrected chi connectivity index (χ1v) is 6.13. The van der Waals surface area contributed by atoms with E-state index in [0.29, 0.717) is 17.6 Å². The standard InChI is InChI=1S/C12H16N4O/c17-12(9-5-13-8-14-6-9)16-4-3-10-1-2-11(7-16)15-10/h5-6,8,10-11,15H,1-4,7H2. The zero-order chi connectivity index (χ0) is 11.7. The van der Waals surface area contributed by atoms with Gasteiger partial charge in [0.25, 0.3) is 5.91 Å². The number of hydrogen-bond acceptors (Lipinski definition) is 4. The van der Waals surface area contributed by atoms with Crippen LogP contribution in [0.2, 0.25) is 0 Å². The van der Waals surface area contributed by atoms with E-state index < -0.39 is 0 Å². The van der Waals surface area contributed by atoms with Gasteiger partial charge in [0.1, 0.15) is 6.33 Å². The van der Waals surface area contributed by atoms with Gasteiger partial charge in [0, 0.05) is 37.6 Å². The van der Waals surface area contributed by atoms with Crippen LogP contribution in [0.3, 0.4) is 0 Å². The van der Waals surface area contributed by atoms with Gasteiger partial charge in [0.15, 0.2) is 0 Å². The van der Waals surface area contributed by atoms with Gasteiger partial charge in [0.2, 0.25) is 0 Å². The van der Waals surface area contributed by atoms with Crippen LogP contribution < -0.4 is 5.32 Å². The molecule has 1 amide bonds. The van der Waals surface area contributed by atoms with Crippen LogP contribution in [0, 0.1) is 0 Å². The summed E-state index contributed by atoms with van der Waals surface area (Å²) in [4.78, 5) is 22.0. The van der Waals surface area contributed by atoms with Crippen LogP contribution in [0.1, 0.15) is 29.6 Å². The number of carbonyl (C=O) groups is 1. The van der Waals surface area contributed by atoms with Crippen molar-refractivity contribution in [1.29, 1.82) is 0 Å². The van der Waals surface area contributed by atoms with Crippen molar-refractivity contribution in [3.05, 3.63) is 24.3 Å². The summed E-state index contributed by atoms with van der Waals surface area (Å²) in [7, 11) is 0. The van der Waals surface area contributed by atoms with Crippen LogP contribution in [-0.4, -0.2) is 45.9 Å². The molecule has 2 bridgehead atoms. The molecule has 0 spiro atoms. The SMILES string of the molecule is O=C(c1cncnc1)N1CCC2CCC(C1)N2. The number of fused-ring (bicyclic) bond motifs is 2. The summed E-state index contributed by atoms with van der Waals surface area (Å²) < 4.78 is 0. The van der Waals surface area contributed by atoms with Crippen molar-refractivity contribution in [2.75, 3.05) is 13.1 Å². The molecule has 3 rings (SSSR count). The number of amides is 1. The van der Waals surface area contributed by atoms with Crippen LogP contribution in [0.5, 0.6) is 0 Å². The maximum Gasteiger partial charge on any atom is 0.257 e. The van der Waals surface area contributed by atoms with E-state index in [0.717, 1.165) is 19.5 Å². The summed E-state index contributed by atoms with van der Waals surface area (Å²) in [6, 6.07) is 1.07. The van der Waals surface area contributed by atoms with Gasteiger partial charge in [-0.1, -0.05) is 0 Å². The highest BCUT2D eigenvalue weighted by molar-refractivity contribution is 5.93. The van der Waals surface area contributed by atoms with Crippen LogP contribution >= 0.6 is 0 Å². The Morgan fingerprint density at radius 3 is 2.82 bits per heavy atom. The van der Waals surface area contributed by atoms with E-state index in [1.54, 1.807) is 12.4 Å². The largest absolute Gasteiger partial charge is 0.337 e. The quantitative estimate of drug-likeness (QED) is 0.763. The molecule has 2 atom stereocenters. The topological polar surface area (TPSA) is 58.1 Å². The van der Waals surface area contributed by atoms with Gasteiger partial charge in [-0.25, -0.2) is 9.97 Å². The van der Waals surface area contributed by atoms with Crippen molar-refractivity contribution in [3.63, 3.8) is 0 Å². The van der Waals surface area contributed by atoms with E-state index in [9.17, 15) is 4.79 Å². The molecule has 1 N–H and O–H groups in total. The molecule has 2 unspecified atom stereocenters. The van der Waals surface area contributed by atoms with Crippen molar-refractivity contribution >= 4 is 5.91 Å². The highest BCUT2D eigenvalue weighted by atomic mass is 16.2. The van der Waals surface area contributed by atoms with Gasteiger partial charge in [-0.2, -0.15) is 0 Å². The molecule has 2 fully saturated rings. The van der Waals surface area contributed by atoms with Gasteiger partial charge in [-0.3, -0.25) is 4.79 Å². The number of nitrogens with zero attached hydrogens (tertiary/aromatic N) is 3. The van der Waals surface area contributed by atoms with Crippen molar-refractivity contribution in [2.24, 2.45) is 0 Å². The van der Waals surface area contributed by atoms with E-state index in [1.807, 2.05) is 4.90 Å². The molecule has 2 aliphatic heterocycles. The van der Waals surface area contributed by atoms with E-state index in [-0.39, 0.29) is 5.91 Å². The molecule has 0 radical (unpaired) electrons. The molecule has 1 aromatic rings. The maximum absolute atomic E-state index is 12.2. The Morgan fingerprint density at radius 2 is 2.00 bits per heavy atom. The second kappa shape index (κ2) is 4.41. The van der Waals surface area contributed by atoms with Crippen LogP contribution in [0.15, 0.2) is 18.7 Å². The number of hydrogen-bond donors (Lipinski definition) is 1. The average Bonchev–Trinajstić information content (AvgIpc) is 2.69. The lowest BCUT2D eigenvalue weighted by molar-refractivity contribution is 0.0747. The summed E-state index contributed by atoms with van der Waals surface area (Å²) in [6.07, 6.45) is 8.11. The fourth-order valence-electron chi connectivity index (χ4n) is 2.72. The smallest absolute Gasteiger partial charge is 0.257 e. The maximum atomic E-state index is 12.2. The van der Waals surface area contributed by atoms with Crippen molar-refractivity contribution in [3.8, 4) is 0 Å². The zero-order valence-corrected chi connectivity index (χ0v) is 9.67. The van der Waals surface area contributed by atoms with Crippen molar-refractivity contribution in [1.82, 2.24) is 20.2 Å². The average molecular weight is 232 g/mol. The number of likely N-dealkylation sites (tertiary alicyclic amines) is 1. The van der Waals surface area contributed by atoms with E-state index in [2.05, 4.69) is 15.3 Å². The van der Waals surface area contributed by atoms with Gasteiger partial charge in [-0.05, 0) is 19.3 Å². The number of aromatic nitrogens is 2. The molecular formula is C12H16N4O. The van der Waals surface area contributed by atoms with Crippen LogP contribution in [0.4, 0.5) is 0 Å². The fraction of sp³-hybridized carbons (Fsp3) is 0.583. The number of rotatable bonds is 1. The normalized spacial score (nSPS) is 27.9. The second-order valence-electron chi connectivity index (χ2n) is 4.80. The van der Waals surface area contributed by atoms with Gasteiger partial charge < -0.3 is 10.2 Å². The summed E-state index contributed by atoms with van der Waals surface area (Å²) in [5.74, 6) is 0.0555. The first-order chi connectivity index (χ1) is 8.33. The lowest BCUT2D eigenvalue weighted by atomic mass is 10.1. The minimum atomic E-state index is 0.0555. The predicted molar refractivity (Wildman–Crippen MR) is 62.5 cm³/mol. The predicted octanol–water partition coefficient (Wildman–Crippen LogP) is 0.443.